The van der Waals surface area contributed by atoms with Gasteiger partial charge in [-0.05, 0) is 50.1 Å². The Labute approximate surface area is 191 Å². The van der Waals surface area contributed by atoms with Crippen LogP contribution in [0, 0.1) is 0 Å². The number of H-pyrrole nitrogens is 1. The van der Waals surface area contributed by atoms with E-state index in [4.69, 9.17) is 4.98 Å². The molecule has 6 rings (SSSR count). The average molecular weight is 440 g/mol. The van der Waals surface area contributed by atoms with Crippen molar-refractivity contribution in [1.29, 1.82) is 0 Å². The van der Waals surface area contributed by atoms with Crippen LogP contribution in [0.3, 0.4) is 0 Å². The molecule has 3 heterocycles. The van der Waals surface area contributed by atoms with Crippen LogP contribution >= 0.6 is 0 Å². The van der Waals surface area contributed by atoms with Crippen LogP contribution in [0.15, 0.2) is 60.9 Å². The monoisotopic (exact) mass is 439 g/mol. The fourth-order valence-corrected chi connectivity index (χ4v) is 5.05. The van der Waals surface area contributed by atoms with E-state index in [1.54, 1.807) is 17.3 Å². The Morgan fingerprint density at radius 1 is 1.06 bits per heavy atom. The Morgan fingerprint density at radius 2 is 1.88 bits per heavy atom. The number of nitrogens with zero attached hydrogens (tertiary/aromatic N) is 5. The predicted octanol–water partition coefficient (Wildman–Crippen LogP) is 4.91. The number of aromatic amines is 1. The molecule has 2 N–H and O–H groups in total. The summed E-state index contributed by atoms with van der Waals surface area (Å²) in [5.41, 5.74) is 3.42. The highest BCUT2D eigenvalue weighted by Gasteiger charge is 2.41. The molecule has 0 spiro atoms. The number of hydrogen-bond donors (Lipinski definition) is 2. The third-order valence-electron chi connectivity index (χ3n) is 6.66. The van der Waals surface area contributed by atoms with Crippen molar-refractivity contribution in [3.63, 3.8) is 0 Å². The second-order valence-electron chi connectivity index (χ2n) is 8.73. The van der Waals surface area contributed by atoms with Gasteiger partial charge >= 0.3 is 0 Å². The molecule has 1 amide bonds. The molecule has 1 saturated carbocycles. The number of nitrogens with one attached hydrogen (secondary N) is 2. The molecular weight excluding hydrogens is 414 g/mol. The molecular formula is C25H25N7O. The number of carbonyl (C=O) groups is 1. The third kappa shape index (κ3) is 3.38. The van der Waals surface area contributed by atoms with Crippen molar-refractivity contribution in [3.8, 4) is 0 Å². The van der Waals surface area contributed by atoms with Gasteiger partial charge in [0.05, 0.1) is 17.9 Å². The molecule has 1 atom stereocenters. The number of aromatic nitrogens is 4. The number of fused-ring (bicyclic) bond motifs is 2. The van der Waals surface area contributed by atoms with E-state index in [-0.39, 0.29) is 11.9 Å². The van der Waals surface area contributed by atoms with Gasteiger partial charge in [-0.15, -0.1) is 0 Å². The van der Waals surface area contributed by atoms with Crippen molar-refractivity contribution in [3.05, 3.63) is 60.9 Å². The zero-order chi connectivity index (χ0) is 22.4. The molecule has 1 aliphatic carbocycles. The van der Waals surface area contributed by atoms with E-state index in [0.29, 0.717) is 12.0 Å². The normalized spacial score (nSPS) is 18.7. The van der Waals surface area contributed by atoms with Crippen molar-refractivity contribution in [2.24, 2.45) is 0 Å². The summed E-state index contributed by atoms with van der Waals surface area (Å²) < 4.78 is 0. The van der Waals surface area contributed by atoms with Crippen molar-refractivity contribution >= 4 is 45.6 Å². The topological polar surface area (TPSA) is 90.0 Å². The maximum Gasteiger partial charge on any atom is 0.254 e. The van der Waals surface area contributed by atoms with Crippen molar-refractivity contribution in [2.75, 3.05) is 15.1 Å². The molecule has 1 fully saturated rings. The third-order valence-corrected chi connectivity index (χ3v) is 6.66. The lowest BCUT2D eigenvalue weighted by molar-refractivity contribution is -0.119. The Morgan fingerprint density at radius 3 is 2.70 bits per heavy atom. The number of hydrogen-bond acceptors (Lipinski definition) is 6. The van der Waals surface area contributed by atoms with Crippen LogP contribution in [-0.4, -0.2) is 38.2 Å². The van der Waals surface area contributed by atoms with E-state index in [1.165, 1.54) is 12.8 Å². The van der Waals surface area contributed by atoms with Crippen LogP contribution in [0.1, 0.15) is 32.6 Å². The highest BCUT2D eigenvalue weighted by atomic mass is 16.2. The first kappa shape index (κ1) is 19.7. The van der Waals surface area contributed by atoms with Gasteiger partial charge in [-0.2, -0.15) is 10.1 Å². The van der Waals surface area contributed by atoms with Crippen LogP contribution in [-0.2, 0) is 4.79 Å². The molecule has 8 heteroatoms. The zero-order valence-electron chi connectivity index (χ0n) is 18.4. The van der Waals surface area contributed by atoms with E-state index in [9.17, 15) is 4.79 Å². The fourth-order valence-electron chi connectivity index (χ4n) is 5.05. The lowest BCUT2D eigenvalue weighted by atomic mass is 10.1. The molecule has 4 aromatic rings. The summed E-state index contributed by atoms with van der Waals surface area (Å²) in [7, 11) is 0. The SMILES string of the molecule is C[C@@H]1C(=O)N(c2ccccc2)c2cnc(Nc3ccc4[nH]ncc4c3)nc2N1C1CCCC1. The average Bonchev–Trinajstić information content (AvgIpc) is 3.53. The van der Waals surface area contributed by atoms with Gasteiger partial charge in [0, 0.05) is 22.8 Å². The van der Waals surface area contributed by atoms with E-state index in [0.717, 1.165) is 46.6 Å². The molecule has 2 aromatic heterocycles. The van der Waals surface area contributed by atoms with Gasteiger partial charge in [-0.1, -0.05) is 31.0 Å². The standard InChI is InChI=1S/C25H25N7O/c1-16-24(33)32(20-7-3-2-4-8-20)22-15-26-25(29-23(22)31(16)19-9-5-6-10-19)28-18-11-12-21-17(13-18)14-27-30-21/h2-4,7-8,11-16,19H,5-6,9-10H2,1H3,(H,27,30)(H,26,28,29)/t16-/m1/s1. The number of amides is 1. The van der Waals surface area contributed by atoms with Gasteiger partial charge in [0.1, 0.15) is 11.7 Å². The summed E-state index contributed by atoms with van der Waals surface area (Å²) in [4.78, 5) is 27.0. The maximum absolute atomic E-state index is 13.5. The summed E-state index contributed by atoms with van der Waals surface area (Å²) in [6, 6.07) is 15.7. The summed E-state index contributed by atoms with van der Waals surface area (Å²) in [5.74, 6) is 1.37. The van der Waals surface area contributed by atoms with Crippen LogP contribution in [0.4, 0.5) is 28.8 Å². The Balaban J connectivity index is 1.43. The van der Waals surface area contributed by atoms with Gasteiger partial charge in [-0.3, -0.25) is 14.8 Å². The van der Waals surface area contributed by atoms with Crippen molar-refractivity contribution < 1.29 is 4.79 Å². The first-order valence-corrected chi connectivity index (χ1v) is 11.4. The Bertz CT molecular complexity index is 1310. The van der Waals surface area contributed by atoms with Crippen LogP contribution in [0.2, 0.25) is 0 Å². The van der Waals surface area contributed by atoms with Gasteiger partial charge in [0.2, 0.25) is 5.95 Å². The Hall–Kier alpha value is -3.94. The maximum atomic E-state index is 13.5. The van der Waals surface area contributed by atoms with Crippen molar-refractivity contribution in [2.45, 2.75) is 44.7 Å². The van der Waals surface area contributed by atoms with E-state index < -0.39 is 0 Å². The molecule has 8 nitrogen and oxygen atoms in total. The number of benzene rings is 2. The molecule has 1 aliphatic heterocycles. The first-order valence-electron chi connectivity index (χ1n) is 11.4. The number of anilines is 5. The number of para-hydroxylation sites is 1. The lowest BCUT2D eigenvalue weighted by Crippen LogP contribution is -2.54. The minimum Gasteiger partial charge on any atom is -0.340 e. The summed E-state index contributed by atoms with van der Waals surface area (Å²) in [6.07, 6.45) is 8.07. The van der Waals surface area contributed by atoms with E-state index in [2.05, 4.69) is 25.4 Å². The lowest BCUT2D eigenvalue weighted by Gasteiger charge is -2.43. The molecule has 2 aliphatic rings. The molecule has 33 heavy (non-hydrogen) atoms. The van der Waals surface area contributed by atoms with Crippen LogP contribution < -0.4 is 15.1 Å². The highest BCUT2D eigenvalue weighted by Crippen LogP contribution is 2.42. The summed E-state index contributed by atoms with van der Waals surface area (Å²) in [6.45, 7) is 1.99. The Kier molecular flexibility index (Phi) is 4.71. The molecule has 0 unspecified atom stereocenters. The van der Waals surface area contributed by atoms with Crippen LogP contribution in [0.5, 0.6) is 0 Å². The molecule has 0 saturated heterocycles. The van der Waals surface area contributed by atoms with Crippen molar-refractivity contribution in [1.82, 2.24) is 20.2 Å². The van der Waals surface area contributed by atoms with E-state index in [1.807, 2.05) is 55.5 Å². The van der Waals surface area contributed by atoms with Gasteiger partial charge in [0.25, 0.3) is 5.91 Å². The van der Waals surface area contributed by atoms with Gasteiger partial charge in [-0.25, -0.2) is 4.98 Å². The quantitative estimate of drug-likeness (QED) is 0.469. The smallest absolute Gasteiger partial charge is 0.254 e. The predicted molar refractivity (Wildman–Crippen MR) is 129 cm³/mol. The molecule has 2 aromatic carbocycles. The fraction of sp³-hybridized carbons (Fsp3) is 0.280. The van der Waals surface area contributed by atoms with E-state index >= 15 is 0 Å². The second-order valence-corrected chi connectivity index (χ2v) is 8.73. The minimum absolute atomic E-state index is 0.0512. The first-order chi connectivity index (χ1) is 16.2. The summed E-state index contributed by atoms with van der Waals surface area (Å²) >= 11 is 0. The summed E-state index contributed by atoms with van der Waals surface area (Å²) in [5, 5.41) is 11.4. The van der Waals surface area contributed by atoms with Gasteiger partial charge in [0.15, 0.2) is 5.82 Å². The zero-order valence-corrected chi connectivity index (χ0v) is 18.4. The number of rotatable bonds is 4. The second kappa shape index (κ2) is 7.88. The molecule has 0 radical (unpaired) electrons. The minimum atomic E-state index is -0.300. The van der Waals surface area contributed by atoms with Gasteiger partial charge < -0.3 is 10.2 Å². The van der Waals surface area contributed by atoms with Crippen LogP contribution in [0.25, 0.3) is 10.9 Å². The number of carbonyl (C=O) groups excluding carboxylic acids is 1. The molecule has 166 valence electrons. The highest BCUT2D eigenvalue weighted by molar-refractivity contribution is 6.09. The molecule has 0 bridgehead atoms. The largest absolute Gasteiger partial charge is 0.340 e.